The first kappa shape index (κ1) is 17.3. The molecule has 1 N–H and O–H groups in total. The molecule has 2 aliphatic rings. The third-order valence-electron chi connectivity index (χ3n) is 5.26. The standard InChI is InChI=1S/C19H22N4O2S/c1-4-9-22-17(24)14-11-20-18(26-3)21-16(14)23(22)13-6-5-12-7-8-19(2,25)15(12)10-13/h4-5,10-11,13,25H,1,6-9H2,2-3H3. The van der Waals surface area contributed by atoms with E-state index in [4.69, 9.17) is 0 Å². The molecule has 2 heterocycles. The maximum Gasteiger partial charge on any atom is 0.278 e. The van der Waals surface area contributed by atoms with Crippen molar-refractivity contribution in [3.05, 3.63) is 52.5 Å². The molecule has 136 valence electrons. The Bertz CT molecular complexity index is 1010. The predicted molar refractivity (Wildman–Crippen MR) is 103 cm³/mol. The summed E-state index contributed by atoms with van der Waals surface area (Å²) in [5.74, 6) is 0. The average Bonchev–Trinajstić information content (AvgIpc) is 3.09. The molecule has 0 aromatic carbocycles. The maximum absolute atomic E-state index is 12.9. The van der Waals surface area contributed by atoms with Gasteiger partial charge >= 0.3 is 0 Å². The molecule has 2 atom stereocenters. The highest BCUT2D eigenvalue weighted by Crippen LogP contribution is 2.43. The fraction of sp³-hybridized carbons (Fsp3) is 0.421. The van der Waals surface area contributed by atoms with Crippen molar-refractivity contribution in [3.63, 3.8) is 0 Å². The van der Waals surface area contributed by atoms with Crippen LogP contribution in [0.2, 0.25) is 0 Å². The van der Waals surface area contributed by atoms with Crippen molar-refractivity contribution in [2.45, 2.75) is 49.5 Å². The number of aliphatic hydroxyl groups is 1. The number of aromatic nitrogens is 4. The quantitative estimate of drug-likeness (QED) is 0.509. The Hall–Kier alpha value is -2.12. The number of nitrogens with zero attached hydrogens (tertiary/aromatic N) is 4. The van der Waals surface area contributed by atoms with Gasteiger partial charge in [-0.2, -0.15) is 0 Å². The van der Waals surface area contributed by atoms with Gasteiger partial charge in [-0.15, -0.1) is 6.58 Å². The Labute approximate surface area is 155 Å². The van der Waals surface area contributed by atoms with Crippen molar-refractivity contribution < 1.29 is 5.11 Å². The number of hydrogen-bond donors (Lipinski definition) is 1. The molecule has 1 fully saturated rings. The van der Waals surface area contributed by atoms with Gasteiger partial charge in [-0.3, -0.25) is 9.48 Å². The molecule has 0 radical (unpaired) electrons. The SMILES string of the molecule is C=CCn1c(=O)c2cnc(SC)nc2n1C1C=C2C(=CC1)CCC2(C)O. The highest BCUT2D eigenvalue weighted by atomic mass is 32.2. The zero-order chi connectivity index (χ0) is 18.5. The van der Waals surface area contributed by atoms with Crippen LogP contribution in [-0.4, -0.2) is 36.3 Å². The number of hydrogen-bond acceptors (Lipinski definition) is 5. The first-order chi connectivity index (χ1) is 12.5. The van der Waals surface area contributed by atoms with Gasteiger partial charge in [0, 0.05) is 6.20 Å². The van der Waals surface area contributed by atoms with E-state index in [1.54, 1.807) is 17.0 Å². The number of allylic oxidation sites excluding steroid dienone is 3. The molecular formula is C19H22N4O2S. The van der Waals surface area contributed by atoms with E-state index in [1.807, 2.05) is 17.9 Å². The molecule has 7 heteroatoms. The Morgan fingerprint density at radius 1 is 1.54 bits per heavy atom. The van der Waals surface area contributed by atoms with Crippen molar-refractivity contribution >= 4 is 22.8 Å². The summed E-state index contributed by atoms with van der Waals surface area (Å²) < 4.78 is 3.61. The van der Waals surface area contributed by atoms with Gasteiger partial charge in [0.1, 0.15) is 5.39 Å². The van der Waals surface area contributed by atoms with Crippen LogP contribution in [0, 0.1) is 0 Å². The average molecular weight is 370 g/mol. The molecule has 2 unspecified atom stereocenters. The normalized spacial score (nSPS) is 25.1. The zero-order valence-electron chi connectivity index (χ0n) is 15.0. The van der Waals surface area contributed by atoms with Gasteiger partial charge in [0.25, 0.3) is 5.56 Å². The zero-order valence-corrected chi connectivity index (χ0v) is 15.8. The molecule has 2 aromatic heterocycles. The molecule has 0 amide bonds. The van der Waals surface area contributed by atoms with E-state index in [-0.39, 0.29) is 11.6 Å². The minimum atomic E-state index is -0.809. The van der Waals surface area contributed by atoms with Crippen LogP contribution in [0.25, 0.3) is 11.0 Å². The van der Waals surface area contributed by atoms with E-state index < -0.39 is 5.60 Å². The van der Waals surface area contributed by atoms with Crippen LogP contribution in [0.1, 0.15) is 32.2 Å². The van der Waals surface area contributed by atoms with E-state index >= 15 is 0 Å². The molecule has 0 saturated heterocycles. The molecule has 6 nitrogen and oxygen atoms in total. The molecule has 0 spiro atoms. The molecule has 2 aliphatic carbocycles. The molecule has 0 bridgehead atoms. The minimum Gasteiger partial charge on any atom is -0.385 e. The third kappa shape index (κ3) is 2.57. The first-order valence-electron chi connectivity index (χ1n) is 8.73. The third-order valence-corrected chi connectivity index (χ3v) is 5.82. The van der Waals surface area contributed by atoms with Crippen LogP contribution >= 0.6 is 11.8 Å². The Kier molecular flexibility index (Phi) is 4.16. The lowest BCUT2D eigenvalue weighted by Crippen LogP contribution is -2.28. The summed E-state index contributed by atoms with van der Waals surface area (Å²) in [5.41, 5.74) is 1.91. The summed E-state index contributed by atoms with van der Waals surface area (Å²) in [6.07, 6.45) is 11.9. The van der Waals surface area contributed by atoms with Crippen LogP contribution in [0.3, 0.4) is 0 Å². The molecule has 0 aliphatic heterocycles. The monoisotopic (exact) mass is 370 g/mol. The van der Waals surface area contributed by atoms with Crippen molar-refractivity contribution in [1.82, 2.24) is 19.3 Å². The van der Waals surface area contributed by atoms with Crippen molar-refractivity contribution in [2.75, 3.05) is 6.26 Å². The van der Waals surface area contributed by atoms with Crippen LogP contribution in [0.15, 0.2) is 52.1 Å². The fourth-order valence-corrected chi connectivity index (χ4v) is 4.28. The molecule has 2 aromatic rings. The summed E-state index contributed by atoms with van der Waals surface area (Å²) in [4.78, 5) is 21.7. The lowest BCUT2D eigenvalue weighted by molar-refractivity contribution is 0.105. The van der Waals surface area contributed by atoms with Crippen molar-refractivity contribution in [3.8, 4) is 0 Å². The second kappa shape index (κ2) is 6.25. The van der Waals surface area contributed by atoms with Gasteiger partial charge < -0.3 is 5.11 Å². The lowest BCUT2D eigenvalue weighted by Gasteiger charge is -2.27. The highest BCUT2D eigenvalue weighted by molar-refractivity contribution is 7.98. The molecule has 4 rings (SSSR count). The highest BCUT2D eigenvalue weighted by Gasteiger charge is 2.37. The van der Waals surface area contributed by atoms with Crippen LogP contribution < -0.4 is 5.56 Å². The predicted octanol–water partition coefficient (Wildman–Crippen LogP) is 2.84. The Morgan fingerprint density at radius 2 is 2.35 bits per heavy atom. The minimum absolute atomic E-state index is 0.0759. The van der Waals surface area contributed by atoms with E-state index in [9.17, 15) is 9.90 Å². The van der Waals surface area contributed by atoms with Gasteiger partial charge in [-0.25, -0.2) is 14.6 Å². The van der Waals surface area contributed by atoms with Gasteiger partial charge in [-0.1, -0.05) is 30.0 Å². The van der Waals surface area contributed by atoms with Gasteiger partial charge in [0.15, 0.2) is 10.8 Å². The number of fused-ring (bicyclic) bond motifs is 2. The summed E-state index contributed by atoms with van der Waals surface area (Å²) in [6.45, 7) is 6.04. The Balaban J connectivity index is 1.93. The van der Waals surface area contributed by atoms with E-state index in [1.165, 1.54) is 17.3 Å². The van der Waals surface area contributed by atoms with E-state index in [0.717, 1.165) is 24.8 Å². The fourth-order valence-electron chi connectivity index (χ4n) is 3.95. The maximum atomic E-state index is 12.9. The second-order valence-corrected chi connectivity index (χ2v) is 7.77. The topological polar surface area (TPSA) is 72.9 Å². The lowest BCUT2D eigenvalue weighted by atomic mass is 9.90. The van der Waals surface area contributed by atoms with Crippen molar-refractivity contribution in [2.24, 2.45) is 0 Å². The summed E-state index contributed by atoms with van der Waals surface area (Å²) in [6, 6.07) is -0.0759. The first-order valence-corrected chi connectivity index (χ1v) is 9.95. The molecular weight excluding hydrogens is 348 g/mol. The van der Waals surface area contributed by atoms with Gasteiger partial charge in [0.05, 0.1) is 18.2 Å². The van der Waals surface area contributed by atoms with E-state index in [2.05, 4.69) is 28.7 Å². The largest absolute Gasteiger partial charge is 0.385 e. The second-order valence-electron chi connectivity index (χ2n) is 7.00. The summed E-state index contributed by atoms with van der Waals surface area (Å²) in [7, 11) is 0. The Morgan fingerprint density at radius 3 is 3.08 bits per heavy atom. The van der Waals surface area contributed by atoms with Gasteiger partial charge in [-0.05, 0) is 43.6 Å². The number of thioether (sulfide) groups is 1. The summed E-state index contributed by atoms with van der Waals surface area (Å²) in [5, 5.41) is 11.8. The van der Waals surface area contributed by atoms with Gasteiger partial charge in [0.2, 0.25) is 0 Å². The van der Waals surface area contributed by atoms with Crippen LogP contribution in [-0.2, 0) is 6.54 Å². The van der Waals surface area contributed by atoms with Crippen molar-refractivity contribution in [1.29, 1.82) is 0 Å². The molecule has 1 saturated carbocycles. The smallest absolute Gasteiger partial charge is 0.278 e. The number of rotatable bonds is 4. The van der Waals surface area contributed by atoms with Crippen LogP contribution in [0.4, 0.5) is 0 Å². The molecule has 26 heavy (non-hydrogen) atoms. The van der Waals surface area contributed by atoms with E-state index in [0.29, 0.717) is 22.7 Å². The summed E-state index contributed by atoms with van der Waals surface area (Å²) >= 11 is 1.45. The van der Waals surface area contributed by atoms with Crippen LogP contribution in [0.5, 0.6) is 0 Å².